The van der Waals surface area contributed by atoms with E-state index < -0.39 is 11.7 Å². The molecule has 0 spiro atoms. The number of halogens is 3. The number of amides is 1. The molecular formula is C18H22F3N3O2. The standard InChI is InChI=1S/C18H22F3N3O2/c19-18(20,21)12-1-2-16(22-10-12)24-6-3-11(4-7-24)17(25)23-14-9-15-13(14)5-8-26-15/h1-2,10-11,13-15H,3-9H2,(H,23,25)/t13-,14+,15+/m1/s1. The van der Waals surface area contributed by atoms with Gasteiger partial charge in [-0.05, 0) is 37.8 Å². The summed E-state index contributed by atoms with van der Waals surface area (Å²) in [5.74, 6) is 1.06. The quantitative estimate of drug-likeness (QED) is 0.890. The van der Waals surface area contributed by atoms with Gasteiger partial charge in [-0.3, -0.25) is 4.79 Å². The third-order valence-electron chi connectivity index (χ3n) is 5.86. The van der Waals surface area contributed by atoms with Crippen molar-refractivity contribution in [2.75, 3.05) is 24.6 Å². The summed E-state index contributed by atoms with van der Waals surface area (Å²) in [7, 11) is 0. The van der Waals surface area contributed by atoms with E-state index in [2.05, 4.69) is 10.3 Å². The smallest absolute Gasteiger partial charge is 0.378 e. The van der Waals surface area contributed by atoms with Crippen LogP contribution in [0.1, 0.15) is 31.2 Å². The molecule has 1 aliphatic carbocycles. The van der Waals surface area contributed by atoms with Gasteiger partial charge in [0.1, 0.15) is 5.82 Å². The molecule has 0 bridgehead atoms. The minimum absolute atomic E-state index is 0.0398. The Morgan fingerprint density at radius 2 is 2.00 bits per heavy atom. The molecule has 26 heavy (non-hydrogen) atoms. The van der Waals surface area contributed by atoms with Crippen LogP contribution in [0.25, 0.3) is 0 Å². The highest BCUT2D eigenvalue weighted by Crippen LogP contribution is 2.39. The van der Waals surface area contributed by atoms with Crippen molar-refractivity contribution >= 4 is 11.7 Å². The molecule has 0 aromatic carbocycles. The molecule has 3 aliphatic rings. The Morgan fingerprint density at radius 3 is 2.62 bits per heavy atom. The third-order valence-corrected chi connectivity index (χ3v) is 5.86. The van der Waals surface area contributed by atoms with Crippen molar-refractivity contribution in [1.82, 2.24) is 10.3 Å². The maximum Gasteiger partial charge on any atom is 0.417 e. The normalized spacial score (nSPS) is 29.2. The molecule has 0 radical (unpaired) electrons. The number of alkyl halides is 3. The zero-order valence-corrected chi connectivity index (χ0v) is 14.3. The molecule has 2 saturated heterocycles. The van der Waals surface area contributed by atoms with Gasteiger partial charge in [0.15, 0.2) is 0 Å². The summed E-state index contributed by atoms with van der Waals surface area (Å²) >= 11 is 0. The van der Waals surface area contributed by atoms with Crippen molar-refractivity contribution in [3.63, 3.8) is 0 Å². The predicted octanol–water partition coefficient (Wildman–Crippen LogP) is 2.61. The Labute approximate surface area is 149 Å². The van der Waals surface area contributed by atoms with E-state index in [1.807, 2.05) is 4.90 Å². The lowest BCUT2D eigenvalue weighted by atomic mass is 9.76. The minimum Gasteiger partial charge on any atom is -0.378 e. The van der Waals surface area contributed by atoms with E-state index >= 15 is 0 Å². The summed E-state index contributed by atoms with van der Waals surface area (Å²) in [5.41, 5.74) is -0.745. The summed E-state index contributed by atoms with van der Waals surface area (Å²) in [4.78, 5) is 18.4. The highest BCUT2D eigenvalue weighted by atomic mass is 19.4. The van der Waals surface area contributed by atoms with E-state index in [1.165, 1.54) is 6.07 Å². The number of aromatic nitrogens is 1. The van der Waals surface area contributed by atoms with Crippen molar-refractivity contribution in [1.29, 1.82) is 0 Å². The second-order valence-electron chi connectivity index (χ2n) is 7.38. The molecule has 142 valence electrons. The van der Waals surface area contributed by atoms with Crippen LogP contribution in [0.4, 0.5) is 19.0 Å². The fourth-order valence-electron chi connectivity index (χ4n) is 4.18. The van der Waals surface area contributed by atoms with Crippen LogP contribution in [0.3, 0.4) is 0 Å². The number of pyridine rings is 1. The average Bonchev–Trinajstić information content (AvgIpc) is 3.00. The third kappa shape index (κ3) is 3.39. The number of carbonyl (C=O) groups excluding carboxylic acids is 1. The molecule has 8 heteroatoms. The Kier molecular flexibility index (Phi) is 4.54. The van der Waals surface area contributed by atoms with Crippen molar-refractivity contribution in [3.8, 4) is 0 Å². The van der Waals surface area contributed by atoms with Crippen molar-refractivity contribution in [2.45, 2.75) is 44.0 Å². The van der Waals surface area contributed by atoms with E-state index in [-0.39, 0.29) is 17.9 Å². The lowest BCUT2D eigenvalue weighted by Gasteiger charge is -2.40. The van der Waals surface area contributed by atoms with Gasteiger partial charge in [-0.15, -0.1) is 0 Å². The number of anilines is 1. The van der Waals surface area contributed by atoms with Crippen molar-refractivity contribution in [2.24, 2.45) is 11.8 Å². The molecule has 1 amide bonds. The van der Waals surface area contributed by atoms with Crippen LogP contribution in [0.15, 0.2) is 18.3 Å². The average molecular weight is 369 g/mol. The molecule has 3 atom stereocenters. The molecule has 0 unspecified atom stereocenters. The highest BCUT2D eigenvalue weighted by molar-refractivity contribution is 5.79. The molecular weight excluding hydrogens is 347 g/mol. The van der Waals surface area contributed by atoms with Gasteiger partial charge in [-0.2, -0.15) is 13.2 Å². The first-order valence-corrected chi connectivity index (χ1v) is 9.12. The van der Waals surface area contributed by atoms with Gasteiger partial charge in [-0.25, -0.2) is 4.98 Å². The molecule has 2 aliphatic heterocycles. The number of nitrogens with zero attached hydrogens (tertiary/aromatic N) is 2. The van der Waals surface area contributed by atoms with Crippen LogP contribution in [-0.4, -0.2) is 42.7 Å². The van der Waals surface area contributed by atoms with E-state index in [1.54, 1.807) is 0 Å². The zero-order valence-electron chi connectivity index (χ0n) is 14.3. The number of piperidine rings is 1. The monoisotopic (exact) mass is 369 g/mol. The van der Waals surface area contributed by atoms with Crippen molar-refractivity contribution < 1.29 is 22.7 Å². The molecule has 1 saturated carbocycles. The SMILES string of the molecule is O=C(N[C@H]1C[C@@H]2OCC[C@H]12)C1CCN(c2ccc(C(F)(F)F)cn2)CC1. The Hall–Kier alpha value is -1.83. The van der Waals surface area contributed by atoms with Gasteiger partial charge in [0.2, 0.25) is 5.91 Å². The van der Waals surface area contributed by atoms with E-state index in [0.717, 1.165) is 31.7 Å². The fourth-order valence-corrected chi connectivity index (χ4v) is 4.18. The van der Waals surface area contributed by atoms with Crippen LogP contribution in [-0.2, 0) is 15.7 Å². The fraction of sp³-hybridized carbons (Fsp3) is 0.667. The summed E-state index contributed by atoms with van der Waals surface area (Å²) < 4.78 is 43.4. The largest absolute Gasteiger partial charge is 0.417 e. The molecule has 3 heterocycles. The van der Waals surface area contributed by atoms with Gasteiger partial charge in [0.05, 0.1) is 11.7 Å². The molecule has 5 nitrogen and oxygen atoms in total. The maximum atomic E-state index is 12.6. The molecule has 1 aromatic rings. The van der Waals surface area contributed by atoms with Gasteiger partial charge in [-0.1, -0.05) is 0 Å². The summed E-state index contributed by atoms with van der Waals surface area (Å²) in [6.45, 7) is 2.03. The van der Waals surface area contributed by atoms with E-state index in [0.29, 0.717) is 43.8 Å². The van der Waals surface area contributed by atoms with Crippen molar-refractivity contribution in [3.05, 3.63) is 23.9 Å². The Morgan fingerprint density at radius 1 is 1.23 bits per heavy atom. The zero-order chi connectivity index (χ0) is 18.3. The number of rotatable bonds is 3. The molecule has 1 aromatic heterocycles. The first kappa shape index (κ1) is 17.6. The van der Waals surface area contributed by atoms with Gasteiger partial charge < -0.3 is 15.0 Å². The summed E-state index contributed by atoms with van der Waals surface area (Å²) in [6.07, 6.45) is 0.121. The first-order chi connectivity index (χ1) is 12.4. The molecule has 1 N–H and O–H groups in total. The van der Waals surface area contributed by atoms with E-state index in [4.69, 9.17) is 4.74 Å². The number of fused-ring (bicyclic) bond motifs is 1. The predicted molar refractivity (Wildman–Crippen MR) is 88.6 cm³/mol. The van der Waals surface area contributed by atoms with Crippen LogP contribution < -0.4 is 10.2 Å². The number of hydrogen-bond acceptors (Lipinski definition) is 4. The number of carbonyl (C=O) groups is 1. The first-order valence-electron chi connectivity index (χ1n) is 9.12. The summed E-state index contributed by atoms with van der Waals surface area (Å²) in [6, 6.07) is 2.69. The minimum atomic E-state index is -4.37. The maximum absolute atomic E-state index is 12.6. The topological polar surface area (TPSA) is 54.5 Å². The van der Waals surface area contributed by atoms with Crippen LogP contribution in [0.2, 0.25) is 0 Å². The Balaban J connectivity index is 1.28. The number of hydrogen-bond donors (Lipinski definition) is 1. The summed E-state index contributed by atoms with van der Waals surface area (Å²) in [5, 5.41) is 3.16. The highest BCUT2D eigenvalue weighted by Gasteiger charge is 2.46. The molecule has 3 fully saturated rings. The Bertz CT molecular complexity index is 657. The lowest BCUT2D eigenvalue weighted by molar-refractivity contribution is -0.137. The van der Waals surface area contributed by atoms with Crippen LogP contribution >= 0.6 is 0 Å². The second kappa shape index (κ2) is 6.72. The molecule has 4 rings (SSSR count). The van der Waals surface area contributed by atoms with Gasteiger partial charge in [0, 0.05) is 43.8 Å². The van der Waals surface area contributed by atoms with E-state index in [9.17, 15) is 18.0 Å². The van der Waals surface area contributed by atoms with Crippen LogP contribution in [0, 0.1) is 11.8 Å². The second-order valence-corrected chi connectivity index (χ2v) is 7.38. The van der Waals surface area contributed by atoms with Gasteiger partial charge >= 0.3 is 6.18 Å². The van der Waals surface area contributed by atoms with Crippen LogP contribution in [0.5, 0.6) is 0 Å². The lowest BCUT2D eigenvalue weighted by Crippen LogP contribution is -2.55. The number of nitrogens with one attached hydrogen (secondary N) is 1. The van der Waals surface area contributed by atoms with Gasteiger partial charge in [0.25, 0.3) is 0 Å². The number of ether oxygens (including phenoxy) is 1.